The molecular formula is C14H19FO2. The highest BCUT2D eigenvalue weighted by Gasteiger charge is 2.16. The number of aliphatic hydroxyl groups is 1. The van der Waals surface area contributed by atoms with Gasteiger partial charge >= 0.3 is 0 Å². The summed E-state index contributed by atoms with van der Waals surface area (Å²) in [5.41, 5.74) is 0.529. The van der Waals surface area contributed by atoms with Gasteiger partial charge < -0.3 is 9.84 Å². The number of aliphatic hydroxyl groups excluding tert-OH is 1. The molecule has 0 atom stereocenters. The minimum Gasteiger partial charge on any atom is -0.490 e. The van der Waals surface area contributed by atoms with Crippen LogP contribution in [0.25, 0.3) is 0 Å². The molecule has 0 heterocycles. The predicted octanol–water partition coefficient (Wildman–Crippen LogP) is 3.28. The molecule has 2 nitrogen and oxygen atoms in total. The maximum atomic E-state index is 13.6. The van der Waals surface area contributed by atoms with Crippen molar-refractivity contribution < 1.29 is 14.2 Å². The molecule has 1 aromatic carbocycles. The van der Waals surface area contributed by atoms with Crippen LogP contribution >= 0.6 is 0 Å². The quantitative estimate of drug-likeness (QED) is 0.872. The average Bonchev–Trinajstić information content (AvgIpc) is 2.38. The molecule has 0 spiro atoms. The minimum atomic E-state index is -0.382. The lowest BCUT2D eigenvalue weighted by Gasteiger charge is -2.22. The SMILES string of the molecule is OCc1cccc(F)c1OCC1CCCCC1. The highest BCUT2D eigenvalue weighted by molar-refractivity contribution is 5.34. The third-order valence-corrected chi connectivity index (χ3v) is 3.41. The fourth-order valence-corrected chi connectivity index (χ4v) is 2.39. The number of benzene rings is 1. The van der Waals surface area contributed by atoms with Crippen LogP contribution in [0.2, 0.25) is 0 Å². The normalized spacial score (nSPS) is 17.1. The van der Waals surface area contributed by atoms with E-state index in [1.165, 1.54) is 38.2 Å². The van der Waals surface area contributed by atoms with Crippen molar-refractivity contribution in [3.8, 4) is 5.75 Å². The smallest absolute Gasteiger partial charge is 0.165 e. The number of hydrogen-bond acceptors (Lipinski definition) is 2. The van der Waals surface area contributed by atoms with Crippen LogP contribution in [0.15, 0.2) is 18.2 Å². The molecule has 0 aliphatic heterocycles. The summed E-state index contributed by atoms with van der Waals surface area (Å²) >= 11 is 0. The molecule has 94 valence electrons. The van der Waals surface area contributed by atoms with E-state index in [1.807, 2.05) is 0 Å². The Balaban J connectivity index is 1.97. The summed E-state index contributed by atoms with van der Waals surface area (Å²) in [6, 6.07) is 4.66. The largest absolute Gasteiger partial charge is 0.490 e. The van der Waals surface area contributed by atoms with Gasteiger partial charge in [-0.3, -0.25) is 0 Å². The van der Waals surface area contributed by atoms with Crippen molar-refractivity contribution in [1.82, 2.24) is 0 Å². The Labute approximate surface area is 101 Å². The van der Waals surface area contributed by atoms with E-state index >= 15 is 0 Å². The molecule has 0 aromatic heterocycles. The van der Waals surface area contributed by atoms with Gasteiger partial charge in [0, 0.05) is 5.56 Å². The minimum absolute atomic E-state index is 0.183. The molecule has 1 aliphatic carbocycles. The number of ether oxygens (including phenoxy) is 1. The molecule has 1 aliphatic rings. The van der Waals surface area contributed by atoms with Crippen molar-refractivity contribution in [2.75, 3.05) is 6.61 Å². The van der Waals surface area contributed by atoms with E-state index < -0.39 is 0 Å². The molecule has 1 saturated carbocycles. The molecule has 0 bridgehead atoms. The summed E-state index contributed by atoms with van der Waals surface area (Å²) in [4.78, 5) is 0. The first-order valence-electron chi connectivity index (χ1n) is 6.32. The summed E-state index contributed by atoms with van der Waals surface area (Å²) in [6.07, 6.45) is 6.14. The second kappa shape index (κ2) is 6.01. The number of halogens is 1. The number of hydrogen-bond donors (Lipinski definition) is 1. The number of para-hydroxylation sites is 1. The highest BCUT2D eigenvalue weighted by atomic mass is 19.1. The summed E-state index contributed by atoms with van der Waals surface area (Å²) in [5, 5.41) is 9.13. The fourth-order valence-electron chi connectivity index (χ4n) is 2.39. The van der Waals surface area contributed by atoms with Gasteiger partial charge in [0.2, 0.25) is 0 Å². The summed E-state index contributed by atoms with van der Waals surface area (Å²) in [7, 11) is 0. The van der Waals surface area contributed by atoms with E-state index in [1.54, 1.807) is 12.1 Å². The highest BCUT2D eigenvalue weighted by Crippen LogP contribution is 2.27. The second-order valence-corrected chi connectivity index (χ2v) is 4.70. The molecule has 0 radical (unpaired) electrons. The van der Waals surface area contributed by atoms with Gasteiger partial charge in [-0.1, -0.05) is 31.4 Å². The summed E-state index contributed by atoms with van der Waals surface area (Å²) < 4.78 is 19.1. The monoisotopic (exact) mass is 238 g/mol. The van der Waals surface area contributed by atoms with Crippen molar-refractivity contribution >= 4 is 0 Å². The van der Waals surface area contributed by atoms with Gasteiger partial charge in [-0.2, -0.15) is 0 Å². The molecule has 0 saturated heterocycles. The van der Waals surface area contributed by atoms with E-state index in [4.69, 9.17) is 9.84 Å². The molecule has 0 unspecified atom stereocenters. The lowest BCUT2D eigenvalue weighted by molar-refractivity contribution is 0.194. The average molecular weight is 238 g/mol. The molecular weight excluding hydrogens is 219 g/mol. The lowest BCUT2D eigenvalue weighted by atomic mass is 9.90. The molecule has 0 amide bonds. The number of rotatable bonds is 4. The van der Waals surface area contributed by atoms with Crippen molar-refractivity contribution in [2.24, 2.45) is 5.92 Å². The van der Waals surface area contributed by atoms with E-state index in [-0.39, 0.29) is 18.2 Å². The fraction of sp³-hybridized carbons (Fsp3) is 0.571. The van der Waals surface area contributed by atoms with Gasteiger partial charge in [-0.15, -0.1) is 0 Å². The van der Waals surface area contributed by atoms with E-state index in [0.29, 0.717) is 18.1 Å². The maximum Gasteiger partial charge on any atom is 0.165 e. The Morgan fingerprint density at radius 2 is 2.00 bits per heavy atom. The van der Waals surface area contributed by atoms with Crippen molar-refractivity contribution in [2.45, 2.75) is 38.7 Å². The van der Waals surface area contributed by atoms with Crippen LogP contribution in [0.3, 0.4) is 0 Å². The van der Waals surface area contributed by atoms with Crippen molar-refractivity contribution in [3.63, 3.8) is 0 Å². The van der Waals surface area contributed by atoms with Crippen LogP contribution in [0, 0.1) is 11.7 Å². The standard InChI is InChI=1S/C14H19FO2/c15-13-8-4-7-12(9-16)14(13)17-10-11-5-2-1-3-6-11/h4,7-8,11,16H,1-3,5-6,9-10H2. The first-order chi connectivity index (χ1) is 8.31. The molecule has 1 aromatic rings. The molecule has 1 N–H and O–H groups in total. The summed E-state index contributed by atoms with van der Waals surface area (Å²) in [5.74, 6) is 0.378. The van der Waals surface area contributed by atoms with E-state index in [2.05, 4.69) is 0 Å². The van der Waals surface area contributed by atoms with Crippen molar-refractivity contribution in [3.05, 3.63) is 29.6 Å². The predicted molar refractivity (Wildman–Crippen MR) is 64.4 cm³/mol. The Morgan fingerprint density at radius 1 is 1.24 bits per heavy atom. The van der Waals surface area contributed by atoms with Gasteiger partial charge in [0.25, 0.3) is 0 Å². The Bertz CT molecular complexity index is 359. The Hall–Kier alpha value is -1.09. The van der Waals surface area contributed by atoms with Crippen LogP contribution in [-0.2, 0) is 6.61 Å². The first kappa shape index (κ1) is 12.4. The van der Waals surface area contributed by atoms with Crippen LogP contribution in [0.4, 0.5) is 4.39 Å². The Kier molecular flexibility index (Phi) is 4.37. The molecule has 1 fully saturated rings. The molecule has 3 heteroatoms. The zero-order chi connectivity index (χ0) is 12.1. The maximum absolute atomic E-state index is 13.6. The lowest BCUT2D eigenvalue weighted by Crippen LogP contribution is -2.16. The Morgan fingerprint density at radius 3 is 2.71 bits per heavy atom. The first-order valence-corrected chi connectivity index (χ1v) is 6.32. The van der Waals surface area contributed by atoms with Gasteiger partial charge in [0.05, 0.1) is 13.2 Å². The van der Waals surface area contributed by atoms with E-state index in [9.17, 15) is 4.39 Å². The zero-order valence-electron chi connectivity index (χ0n) is 9.99. The van der Waals surface area contributed by atoms with Gasteiger partial charge in [-0.05, 0) is 24.8 Å². The van der Waals surface area contributed by atoms with Crippen LogP contribution in [0.1, 0.15) is 37.7 Å². The molecule has 2 rings (SSSR count). The van der Waals surface area contributed by atoms with Gasteiger partial charge in [0.1, 0.15) is 0 Å². The van der Waals surface area contributed by atoms with Gasteiger partial charge in [-0.25, -0.2) is 4.39 Å². The second-order valence-electron chi connectivity index (χ2n) is 4.70. The van der Waals surface area contributed by atoms with E-state index in [0.717, 1.165) is 0 Å². The van der Waals surface area contributed by atoms with Crippen LogP contribution in [-0.4, -0.2) is 11.7 Å². The molecule has 17 heavy (non-hydrogen) atoms. The van der Waals surface area contributed by atoms with Crippen molar-refractivity contribution in [1.29, 1.82) is 0 Å². The summed E-state index contributed by atoms with van der Waals surface area (Å²) in [6.45, 7) is 0.381. The van der Waals surface area contributed by atoms with Crippen LogP contribution < -0.4 is 4.74 Å². The third-order valence-electron chi connectivity index (χ3n) is 3.41. The van der Waals surface area contributed by atoms with Crippen LogP contribution in [0.5, 0.6) is 5.75 Å². The van der Waals surface area contributed by atoms with Gasteiger partial charge in [0.15, 0.2) is 11.6 Å². The topological polar surface area (TPSA) is 29.5 Å². The zero-order valence-corrected chi connectivity index (χ0v) is 9.99. The third kappa shape index (κ3) is 3.19.